The molecule has 1 atom stereocenters. The summed E-state index contributed by atoms with van der Waals surface area (Å²) in [6, 6.07) is -0.0851. The fraction of sp³-hybridized carbons (Fsp3) is 0.714. The Morgan fingerprint density at radius 1 is 1.53 bits per heavy atom. The molecule has 0 radical (unpaired) electrons. The van der Waals surface area contributed by atoms with Crippen LogP contribution in [0.15, 0.2) is 11.6 Å². The Hall–Kier alpha value is -1.52. The van der Waals surface area contributed by atoms with E-state index >= 15 is 0 Å². The van der Waals surface area contributed by atoms with Gasteiger partial charge in [-0.3, -0.25) is 4.79 Å². The van der Waals surface area contributed by atoms with E-state index in [1.807, 2.05) is 34.6 Å². The summed E-state index contributed by atoms with van der Waals surface area (Å²) < 4.78 is 5.22. The molecule has 2 amide bonds. The van der Waals surface area contributed by atoms with E-state index in [1.165, 1.54) is 0 Å². The van der Waals surface area contributed by atoms with E-state index in [0.29, 0.717) is 13.1 Å². The van der Waals surface area contributed by atoms with Crippen molar-refractivity contribution < 1.29 is 14.3 Å². The maximum atomic E-state index is 11.7. The average molecular weight is 268 g/mol. The largest absolute Gasteiger partial charge is 0.444 e. The van der Waals surface area contributed by atoms with Gasteiger partial charge in [0.15, 0.2) is 0 Å². The molecule has 1 heterocycles. The minimum absolute atomic E-state index is 0.0157. The number of ether oxygens (including phenoxy) is 1. The Bertz CT molecular complexity index is 383. The minimum Gasteiger partial charge on any atom is -0.444 e. The highest BCUT2D eigenvalue weighted by atomic mass is 16.6. The van der Waals surface area contributed by atoms with Crippen molar-refractivity contribution in [1.82, 2.24) is 10.2 Å². The maximum Gasteiger partial charge on any atom is 0.407 e. The zero-order valence-electron chi connectivity index (χ0n) is 12.4. The molecule has 108 valence electrons. The second-order valence-electron chi connectivity index (χ2n) is 5.96. The molecule has 0 saturated carbocycles. The maximum absolute atomic E-state index is 11.7. The molecular formula is C14H24N2O3. The van der Waals surface area contributed by atoms with Crippen LogP contribution in [-0.4, -0.2) is 41.6 Å². The van der Waals surface area contributed by atoms with E-state index in [-0.39, 0.29) is 11.9 Å². The van der Waals surface area contributed by atoms with Crippen molar-refractivity contribution >= 4 is 12.0 Å². The van der Waals surface area contributed by atoms with Crippen LogP contribution in [0.3, 0.4) is 0 Å². The van der Waals surface area contributed by atoms with Gasteiger partial charge in [-0.2, -0.15) is 0 Å². The van der Waals surface area contributed by atoms with Crippen molar-refractivity contribution in [2.45, 2.75) is 52.7 Å². The normalized spacial score (nSPS) is 17.2. The number of rotatable bonds is 4. The molecule has 0 aromatic heterocycles. The lowest BCUT2D eigenvalue weighted by molar-refractivity contribution is -0.124. The second-order valence-corrected chi connectivity index (χ2v) is 5.96. The summed E-state index contributed by atoms with van der Waals surface area (Å²) in [4.78, 5) is 25.1. The first kappa shape index (κ1) is 15.5. The van der Waals surface area contributed by atoms with Gasteiger partial charge in [0.25, 0.3) is 0 Å². The molecule has 5 nitrogen and oxygen atoms in total. The number of carbonyl (C=O) groups is 2. The Balaban J connectivity index is 2.47. The van der Waals surface area contributed by atoms with Gasteiger partial charge in [-0.1, -0.05) is 6.92 Å². The van der Waals surface area contributed by atoms with Crippen LogP contribution in [0.2, 0.25) is 0 Å². The van der Waals surface area contributed by atoms with E-state index < -0.39 is 11.7 Å². The first-order chi connectivity index (χ1) is 8.71. The smallest absolute Gasteiger partial charge is 0.407 e. The summed E-state index contributed by atoms with van der Waals surface area (Å²) in [6.45, 7) is 10.5. The van der Waals surface area contributed by atoms with E-state index in [2.05, 4.69) is 5.32 Å². The van der Waals surface area contributed by atoms with E-state index in [9.17, 15) is 9.59 Å². The van der Waals surface area contributed by atoms with Crippen LogP contribution in [0.1, 0.15) is 41.0 Å². The first-order valence-corrected chi connectivity index (χ1v) is 6.67. The van der Waals surface area contributed by atoms with Gasteiger partial charge in [0.2, 0.25) is 5.91 Å². The first-order valence-electron chi connectivity index (χ1n) is 6.67. The van der Waals surface area contributed by atoms with Crippen LogP contribution in [0.5, 0.6) is 0 Å². The topological polar surface area (TPSA) is 58.6 Å². The Morgan fingerprint density at radius 3 is 2.58 bits per heavy atom. The monoisotopic (exact) mass is 268 g/mol. The number of amides is 2. The van der Waals surface area contributed by atoms with Gasteiger partial charge in [0.05, 0.1) is 0 Å². The fourth-order valence-corrected chi connectivity index (χ4v) is 1.90. The summed E-state index contributed by atoms with van der Waals surface area (Å²) in [5, 5.41) is 2.81. The van der Waals surface area contributed by atoms with Crippen LogP contribution in [0.4, 0.5) is 4.79 Å². The quantitative estimate of drug-likeness (QED) is 0.849. The molecule has 0 saturated heterocycles. The lowest BCUT2D eigenvalue weighted by Crippen LogP contribution is -2.45. The second kappa shape index (κ2) is 6.08. The molecule has 0 unspecified atom stereocenters. The molecule has 1 N–H and O–H groups in total. The zero-order chi connectivity index (χ0) is 14.6. The standard InChI is InChI=1S/C14H24N2O3/c1-6-11(15-13(18)19-14(3,4)5)9-16-8-10(2)7-12(16)17/h7,11H,6,8-9H2,1-5H3,(H,15,18)/t11-/m0/s1. The lowest BCUT2D eigenvalue weighted by atomic mass is 10.2. The number of alkyl carbamates (subject to hydrolysis) is 1. The highest BCUT2D eigenvalue weighted by Gasteiger charge is 2.24. The Morgan fingerprint density at radius 2 is 2.16 bits per heavy atom. The highest BCUT2D eigenvalue weighted by molar-refractivity contribution is 5.91. The van der Waals surface area contributed by atoms with Crippen LogP contribution in [0, 0.1) is 0 Å². The number of nitrogens with one attached hydrogen (secondary N) is 1. The summed E-state index contributed by atoms with van der Waals surface area (Å²) in [5.74, 6) is 0.0157. The van der Waals surface area contributed by atoms with Gasteiger partial charge in [-0.15, -0.1) is 0 Å². The third-order valence-corrected chi connectivity index (χ3v) is 2.78. The number of nitrogens with zero attached hydrogens (tertiary/aromatic N) is 1. The molecule has 0 bridgehead atoms. The Labute approximate surface area is 115 Å². The van der Waals surface area contributed by atoms with Crippen LogP contribution < -0.4 is 5.32 Å². The molecule has 19 heavy (non-hydrogen) atoms. The molecule has 0 aromatic rings. The fourth-order valence-electron chi connectivity index (χ4n) is 1.90. The summed E-state index contributed by atoms with van der Waals surface area (Å²) >= 11 is 0. The lowest BCUT2D eigenvalue weighted by Gasteiger charge is -2.26. The highest BCUT2D eigenvalue weighted by Crippen LogP contribution is 2.12. The molecule has 1 aliphatic rings. The SMILES string of the molecule is CC[C@@H](CN1CC(C)=CC1=O)NC(=O)OC(C)(C)C. The third-order valence-electron chi connectivity index (χ3n) is 2.78. The summed E-state index contributed by atoms with van der Waals surface area (Å²) in [7, 11) is 0. The van der Waals surface area contributed by atoms with Gasteiger partial charge in [-0.25, -0.2) is 4.79 Å². The van der Waals surface area contributed by atoms with Gasteiger partial charge in [0.1, 0.15) is 5.60 Å². The predicted molar refractivity (Wildman–Crippen MR) is 73.8 cm³/mol. The molecule has 0 aromatic carbocycles. The number of hydrogen-bond acceptors (Lipinski definition) is 3. The van der Waals surface area contributed by atoms with Crippen molar-refractivity contribution in [3.05, 3.63) is 11.6 Å². The molecule has 1 aliphatic heterocycles. The van der Waals surface area contributed by atoms with Gasteiger partial charge in [0, 0.05) is 25.2 Å². The Kier molecular flexibility index (Phi) is 4.97. The summed E-state index contributed by atoms with van der Waals surface area (Å²) in [5.41, 5.74) is 0.543. The van der Waals surface area contributed by atoms with Crippen LogP contribution in [-0.2, 0) is 9.53 Å². The molecule has 1 rings (SSSR count). The van der Waals surface area contributed by atoms with Crippen molar-refractivity contribution in [2.24, 2.45) is 0 Å². The average Bonchev–Trinajstić information content (AvgIpc) is 2.53. The molecule has 0 spiro atoms. The molecule has 5 heteroatoms. The third kappa shape index (κ3) is 5.32. The number of hydrogen-bond donors (Lipinski definition) is 1. The zero-order valence-corrected chi connectivity index (χ0v) is 12.4. The van der Waals surface area contributed by atoms with E-state index in [4.69, 9.17) is 4.74 Å². The number of carbonyl (C=O) groups excluding carboxylic acids is 2. The van der Waals surface area contributed by atoms with Gasteiger partial charge in [-0.05, 0) is 39.7 Å². The van der Waals surface area contributed by atoms with Crippen LogP contribution >= 0.6 is 0 Å². The van der Waals surface area contributed by atoms with E-state index in [0.717, 1.165) is 12.0 Å². The molecular weight excluding hydrogens is 244 g/mol. The van der Waals surface area contributed by atoms with Crippen molar-refractivity contribution in [3.8, 4) is 0 Å². The van der Waals surface area contributed by atoms with Gasteiger partial charge >= 0.3 is 6.09 Å². The van der Waals surface area contributed by atoms with Crippen LogP contribution in [0.25, 0.3) is 0 Å². The van der Waals surface area contributed by atoms with Crippen molar-refractivity contribution in [3.63, 3.8) is 0 Å². The summed E-state index contributed by atoms with van der Waals surface area (Å²) in [6.07, 6.45) is 1.96. The molecule has 0 fully saturated rings. The minimum atomic E-state index is -0.510. The van der Waals surface area contributed by atoms with E-state index in [1.54, 1.807) is 11.0 Å². The predicted octanol–water partition coefficient (Wildman–Crippen LogP) is 2.08. The molecule has 0 aliphatic carbocycles. The van der Waals surface area contributed by atoms with Crippen molar-refractivity contribution in [1.29, 1.82) is 0 Å². The van der Waals surface area contributed by atoms with Crippen molar-refractivity contribution in [2.75, 3.05) is 13.1 Å². The van der Waals surface area contributed by atoms with Gasteiger partial charge < -0.3 is 15.0 Å².